The molecule has 1 saturated carbocycles. The molecule has 12 heteroatoms. The standard InChI is InChI=1S/C19H30N4O6S2/c1-3-4-13-31(26,27)17-21-20-16(30-17)23-15(11-12-22(2)18(23)24)29-19(25)28-14-9-7-5-6-8-10-14/h14-15H,3-13H2,1-2H3. The zero-order valence-corrected chi connectivity index (χ0v) is 19.6. The van der Waals surface area contributed by atoms with Crippen molar-refractivity contribution < 1.29 is 27.5 Å². The number of amides is 2. The van der Waals surface area contributed by atoms with Gasteiger partial charge < -0.3 is 14.4 Å². The first-order valence-corrected chi connectivity index (χ1v) is 13.3. The van der Waals surface area contributed by atoms with Gasteiger partial charge >= 0.3 is 12.2 Å². The minimum absolute atomic E-state index is 0.0281. The van der Waals surface area contributed by atoms with Gasteiger partial charge in [-0.1, -0.05) is 37.5 Å². The van der Waals surface area contributed by atoms with Crippen LogP contribution >= 0.6 is 11.3 Å². The van der Waals surface area contributed by atoms with Crippen molar-refractivity contribution in [2.24, 2.45) is 0 Å². The predicted octanol–water partition coefficient (Wildman–Crippen LogP) is 3.58. The van der Waals surface area contributed by atoms with Crippen LogP contribution in [0, 0.1) is 0 Å². The van der Waals surface area contributed by atoms with Crippen molar-refractivity contribution in [1.82, 2.24) is 15.1 Å². The van der Waals surface area contributed by atoms with Crippen LogP contribution in [-0.2, 0) is 19.3 Å². The fourth-order valence-electron chi connectivity index (χ4n) is 3.63. The van der Waals surface area contributed by atoms with Crippen LogP contribution in [0.1, 0.15) is 64.7 Å². The van der Waals surface area contributed by atoms with Crippen molar-refractivity contribution in [3.8, 4) is 0 Å². The van der Waals surface area contributed by atoms with Gasteiger partial charge in [-0.2, -0.15) is 0 Å². The summed E-state index contributed by atoms with van der Waals surface area (Å²) in [5.74, 6) is -0.0281. The van der Waals surface area contributed by atoms with Crippen LogP contribution in [0.5, 0.6) is 0 Å². The number of sulfone groups is 1. The van der Waals surface area contributed by atoms with E-state index in [1.165, 1.54) is 9.80 Å². The highest BCUT2D eigenvalue weighted by molar-refractivity contribution is 7.93. The number of aromatic nitrogens is 2. The van der Waals surface area contributed by atoms with Crippen LogP contribution in [0.4, 0.5) is 14.7 Å². The maximum Gasteiger partial charge on any atom is 0.510 e. The van der Waals surface area contributed by atoms with E-state index >= 15 is 0 Å². The predicted molar refractivity (Wildman–Crippen MR) is 115 cm³/mol. The van der Waals surface area contributed by atoms with Crippen LogP contribution in [0.15, 0.2) is 4.34 Å². The molecule has 2 amide bonds. The minimum Gasteiger partial charge on any atom is -0.431 e. The van der Waals surface area contributed by atoms with Crippen molar-refractivity contribution in [1.29, 1.82) is 0 Å². The molecule has 2 fully saturated rings. The van der Waals surface area contributed by atoms with E-state index in [0.717, 1.165) is 56.3 Å². The van der Waals surface area contributed by atoms with Gasteiger partial charge in [0.1, 0.15) is 6.10 Å². The Bertz CT molecular complexity index is 867. The van der Waals surface area contributed by atoms with Gasteiger partial charge in [0.05, 0.1) is 5.75 Å². The minimum atomic E-state index is -3.57. The monoisotopic (exact) mass is 474 g/mol. The Hall–Kier alpha value is -1.95. The van der Waals surface area contributed by atoms with Crippen molar-refractivity contribution in [3.63, 3.8) is 0 Å². The average Bonchev–Trinajstić information content (AvgIpc) is 3.09. The van der Waals surface area contributed by atoms with Gasteiger partial charge in [-0.3, -0.25) is 0 Å². The van der Waals surface area contributed by atoms with E-state index in [1.54, 1.807) is 7.05 Å². The van der Waals surface area contributed by atoms with E-state index in [2.05, 4.69) is 10.2 Å². The fraction of sp³-hybridized carbons (Fsp3) is 0.789. The van der Waals surface area contributed by atoms with Gasteiger partial charge in [0.15, 0.2) is 6.23 Å². The molecule has 0 N–H and O–H groups in total. The van der Waals surface area contributed by atoms with Crippen LogP contribution in [-0.4, -0.2) is 67.4 Å². The van der Waals surface area contributed by atoms with Gasteiger partial charge in [-0.25, -0.2) is 22.9 Å². The summed E-state index contributed by atoms with van der Waals surface area (Å²) >= 11 is 0.808. The van der Waals surface area contributed by atoms with Gasteiger partial charge in [-0.05, 0) is 32.1 Å². The summed E-state index contributed by atoms with van der Waals surface area (Å²) in [5.41, 5.74) is 0. The number of unbranched alkanes of at least 4 members (excludes halogenated alkanes) is 1. The van der Waals surface area contributed by atoms with Crippen LogP contribution in [0.2, 0.25) is 0 Å². The van der Waals surface area contributed by atoms with Crippen LogP contribution in [0.25, 0.3) is 0 Å². The zero-order valence-electron chi connectivity index (χ0n) is 18.0. The summed E-state index contributed by atoms with van der Waals surface area (Å²) in [6.45, 7) is 2.29. The van der Waals surface area contributed by atoms with E-state index in [0.29, 0.717) is 19.4 Å². The molecule has 3 rings (SSSR count). The van der Waals surface area contributed by atoms with E-state index in [1.807, 2.05) is 6.92 Å². The number of hydrogen-bond donors (Lipinski definition) is 0. The number of hydrogen-bond acceptors (Lipinski definition) is 9. The summed E-state index contributed by atoms with van der Waals surface area (Å²) < 4.78 is 35.7. The highest BCUT2D eigenvalue weighted by Gasteiger charge is 2.39. The Labute approximate surface area is 186 Å². The molecule has 1 aromatic heterocycles. The molecule has 0 spiro atoms. The number of rotatable bonds is 7. The van der Waals surface area contributed by atoms with Crippen LogP contribution < -0.4 is 4.90 Å². The van der Waals surface area contributed by atoms with Crippen molar-refractivity contribution in [2.45, 2.75) is 81.4 Å². The molecule has 1 saturated heterocycles. The lowest BCUT2D eigenvalue weighted by molar-refractivity contribution is -0.0114. The second-order valence-electron chi connectivity index (χ2n) is 7.94. The number of ether oxygens (including phenoxy) is 2. The second kappa shape index (κ2) is 10.6. The van der Waals surface area contributed by atoms with Gasteiger partial charge in [0.2, 0.25) is 19.3 Å². The Morgan fingerprint density at radius 1 is 1.13 bits per heavy atom. The molecule has 1 atom stereocenters. The topological polar surface area (TPSA) is 119 Å². The lowest BCUT2D eigenvalue weighted by Gasteiger charge is -2.37. The summed E-state index contributed by atoms with van der Waals surface area (Å²) in [6.07, 6.45) is 5.57. The molecular formula is C19H30N4O6S2. The first-order chi connectivity index (χ1) is 14.8. The number of anilines is 1. The van der Waals surface area contributed by atoms with Gasteiger partial charge in [-0.15, -0.1) is 10.2 Å². The molecule has 1 unspecified atom stereocenters. The first-order valence-electron chi connectivity index (χ1n) is 10.8. The summed E-state index contributed by atoms with van der Waals surface area (Å²) in [5, 5.41) is 7.79. The van der Waals surface area contributed by atoms with Crippen molar-refractivity contribution in [3.05, 3.63) is 0 Å². The summed E-state index contributed by atoms with van der Waals surface area (Å²) in [6, 6.07) is -0.438. The summed E-state index contributed by atoms with van der Waals surface area (Å²) in [4.78, 5) is 27.9. The molecule has 1 aliphatic heterocycles. The quantitative estimate of drug-likeness (QED) is 0.334. The second-order valence-corrected chi connectivity index (χ2v) is 11.2. The SMILES string of the molecule is CCCCS(=O)(=O)c1nnc(N2C(=O)N(C)CCC2OC(=O)OC2CCCCCC2)s1. The van der Waals surface area contributed by atoms with E-state index < -0.39 is 28.3 Å². The third kappa shape index (κ3) is 6.06. The fourth-order valence-corrected chi connectivity index (χ4v) is 6.24. The lowest BCUT2D eigenvalue weighted by Crippen LogP contribution is -2.55. The van der Waals surface area contributed by atoms with Gasteiger partial charge in [0, 0.05) is 20.0 Å². The zero-order chi connectivity index (χ0) is 22.4. The van der Waals surface area contributed by atoms with Crippen LogP contribution in [0.3, 0.4) is 0 Å². The highest BCUT2D eigenvalue weighted by Crippen LogP contribution is 2.31. The van der Waals surface area contributed by atoms with E-state index in [9.17, 15) is 18.0 Å². The maximum atomic E-state index is 12.8. The summed E-state index contributed by atoms with van der Waals surface area (Å²) in [7, 11) is -1.95. The number of urea groups is 1. The Kier molecular flexibility index (Phi) is 8.09. The Balaban J connectivity index is 1.73. The number of carbonyl (C=O) groups excluding carboxylic acids is 2. The van der Waals surface area contributed by atoms with Crippen molar-refractivity contribution in [2.75, 3.05) is 24.2 Å². The largest absolute Gasteiger partial charge is 0.510 e. The first kappa shape index (κ1) is 23.7. The van der Waals surface area contributed by atoms with E-state index in [-0.39, 0.29) is 21.3 Å². The smallest absolute Gasteiger partial charge is 0.431 e. The van der Waals surface area contributed by atoms with E-state index in [4.69, 9.17) is 9.47 Å². The molecule has 0 aromatic carbocycles. The lowest BCUT2D eigenvalue weighted by atomic mass is 10.2. The molecular weight excluding hydrogens is 444 g/mol. The normalized spacial score (nSPS) is 21.1. The number of carbonyl (C=O) groups is 2. The molecule has 31 heavy (non-hydrogen) atoms. The highest BCUT2D eigenvalue weighted by atomic mass is 32.2. The van der Waals surface area contributed by atoms with Crippen molar-refractivity contribution >= 4 is 38.5 Å². The maximum absolute atomic E-state index is 12.8. The molecule has 1 aromatic rings. The van der Waals surface area contributed by atoms with Gasteiger partial charge in [0.25, 0.3) is 0 Å². The third-order valence-corrected chi connectivity index (χ3v) is 8.63. The molecule has 2 aliphatic rings. The molecule has 0 bridgehead atoms. The molecule has 2 heterocycles. The number of nitrogens with zero attached hydrogens (tertiary/aromatic N) is 4. The Morgan fingerprint density at radius 3 is 2.52 bits per heavy atom. The molecule has 1 aliphatic carbocycles. The molecule has 174 valence electrons. The Morgan fingerprint density at radius 2 is 1.84 bits per heavy atom. The molecule has 0 radical (unpaired) electrons. The molecule has 10 nitrogen and oxygen atoms in total. The average molecular weight is 475 g/mol. The third-order valence-electron chi connectivity index (χ3n) is 5.46.